The van der Waals surface area contributed by atoms with Gasteiger partial charge in [-0.3, -0.25) is 9.10 Å². The van der Waals surface area contributed by atoms with E-state index < -0.39 is 22.5 Å². The lowest BCUT2D eigenvalue weighted by molar-refractivity contribution is -0.114. The molecule has 0 radical (unpaired) electrons. The molecule has 0 unspecified atom stereocenters. The number of hydrogen-bond acceptors (Lipinski definition) is 6. The summed E-state index contributed by atoms with van der Waals surface area (Å²) in [4.78, 5) is 13.1. The second-order valence-electron chi connectivity index (χ2n) is 7.40. The molecule has 1 aliphatic rings. The van der Waals surface area contributed by atoms with Crippen molar-refractivity contribution in [3.05, 3.63) is 72.3 Å². The van der Waals surface area contributed by atoms with Crippen LogP contribution in [0.2, 0.25) is 0 Å². The molecule has 0 atom stereocenters. The molecule has 9 heteroatoms. The van der Waals surface area contributed by atoms with Crippen LogP contribution in [-0.4, -0.2) is 41.2 Å². The monoisotopic (exact) mass is 468 g/mol. The number of ether oxygens (including phenoxy) is 3. The molecule has 0 aliphatic carbocycles. The van der Waals surface area contributed by atoms with Gasteiger partial charge < -0.3 is 19.5 Å². The van der Waals surface area contributed by atoms with Gasteiger partial charge in [-0.2, -0.15) is 0 Å². The van der Waals surface area contributed by atoms with E-state index in [0.717, 1.165) is 9.87 Å². The molecule has 172 valence electrons. The van der Waals surface area contributed by atoms with Gasteiger partial charge in [-0.15, -0.1) is 0 Å². The maximum absolute atomic E-state index is 13.5. The minimum atomic E-state index is -4.05. The molecule has 0 aromatic heterocycles. The zero-order valence-corrected chi connectivity index (χ0v) is 19.1. The number of fused-ring (bicyclic) bond motifs is 1. The quantitative estimate of drug-likeness (QED) is 0.569. The number of hydrogen-bond donors (Lipinski definition) is 1. The number of aryl methyl sites for hydroxylation is 1. The van der Waals surface area contributed by atoms with Crippen molar-refractivity contribution in [2.75, 3.05) is 36.5 Å². The van der Waals surface area contributed by atoms with Crippen LogP contribution >= 0.6 is 0 Å². The molecule has 3 aromatic carbocycles. The highest BCUT2D eigenvalue weighted by atomic mass is 32.2. The van der Waals surface area contributed by atoms with Gasteiger partial charge in [0.05, 0.1) is 23.4 Å². The maximum Gasteiger partial charge on any atom is 0.264 e. The van der Waals surface area contributed by atoms with Crippen molar-refractivity contribution in [2.45, 2.75) is 11.8 Å². The van der Waals surface area contributed by atoms with Crippen molar-refractivity contribution in [2.24, 2.45) is 0 Å². The topological polar surface area (TPSA) is 94.2 Å². The third-order valence-electron chi connectivity index (χ3n) is 5.06. The maximum atomic E-state index is 13.5. The van der Waals surface area contributed by atoms with Crippen LogP contribution in [0.4, 0.5) is 11.4 Å². The minimum Gasteiger partial charge on any atom is -0.495 e. The highest BCUT2D eigenvalue weighted by molar-refractivity contribution is 7.92. The number of nitrogens with zero attached hydrogens (tertiary/aromatic N) is 1. The van der Waals surface area contributed by atoms with E-state index in [1.165, 1.54) is 19.2 Å². The fourth-order valence-electron chi connectivity index (χ4n) is 3.46. The van der Waals surface area contributed by atoms with Crippen molar-refractivity contribution in [1.29, 1.82) is 0 Å². The number of benzene rings is 3. The number of amides is 1. The zero-order valence-electron chi connectivity index (χ0n) is 18.3. The van der Waals surface area contributed by atoms with Gasteiger partial charge in [0, 0.05) is 6.07 Å². The molecular formula is C24H24N2O6S. The Morgan fingerprint density at radius 1 is 1.00 bits per heavy atom. The normalized spacial score (nSPS) is 12.7. The molecule has 1 amide bonds. The molecular weight excluding hydrogens is 444 g/mol. The Morgan fingerprint density at radius 3 is 2.45 bits per heavy atom. The van der Waals surface area contributed by atoms with Crippen LogP contribution in [0.25, 0.3) is 0 Å². The number of carbonyl (C=O) groups is 1. The Hall–Kier alpha value is -3.72. The Kier molecular flexibility index (Phi) is 6.41. The van der Waals surface area contributed by atoms with E-state index in [-0.39, 0.29) is 10.6 Å². The van der Waals surface area contributed by atoms with Crippen molar-refractivity contribution in [3.63, 3.8) is 0 Å². The van der Waals surface area contributed by atoms with Crippen molar-refractivity contribution >= 4 is 27.3 Å². The Labute approximate surface area is 192 Å². The largest absolute Gasteiger partial charge is 0.495 e. The Balaban J connectivity index is 1.69. The summed E-state index contributed by atoms with van der Waals surface area (Å²) in [5, 5.41) is 2.76. The van der Waals surface area contributed by atoms with Gasteiger partial charge in [0.2, 0.25) is 5.91 Å². The Bertz CT molecular complexity index is 1260. The first kappa shape index (κ1) is 22.5. The standard InChI is InChI=1S/C24H24N2O6S/c1-17-8-10-21(30-2)20(14-17)25-24(27)16-26(33(28,29)19-6-4-3-5-7-19)18-9-11-22-23(15-18)32-13-12-31-22/h3-11,14-15H,12-13,16H2,1-2H3,(H,25,27). The molecule has 33 heavy (non-hydrogen) atoms. The third-order valence-corrected chi connectivity index (χ3v) is 6.85. The third kappa shape index (κ3) is 4.88. The lowest BCUT2D eigenvalue weighted by atomic mass is 10.2. The van der Waals surface area contributed by atoms with E-state index in [4.69, 9.17) is 14.2 Å². The number of carbonyl (C=O) groups excluding carboxylic acids is 1. The smallest absolute Gasteiger partial charge is 0.264 e. The average molecular weight is 469 g/mol. The molecule has 3 aromatic rings. The molecule has 4 rings (SSSR count). The number of nitrogens with one attached hydrogen (secondary N) is 1. The molecule has 0 bridgehead atoms. The summed E-state index contributed by atoms with van der Waals surface area (Å²) < 4.78 is 44.5. The first-order valence-corrected chi connectivity index (χ1v) is 11.7. The number of anilines is 2. The molecule has 1 aliphatic heterocycles. The number of methoxy groups -OCH3 is 1. The summed E-state index contributed by atoms with van der Waals surface area (Å²) in [7, 11) is -2.55. The van der Waals surface area contributed by atoms with E-state index in [9.17, 15) is 13.2 Å². The summed E-state index contributed by atoms with van der Waals surface area (Å²) in [6, 6.07) is 18.1. The second-order valence-corrected chi connectivity index (χ2v) is 9.27. The van der Waals surface area contributed by atoms with Gasteiger partial charge in [0.1, 0.15) is 25.5 Å². The van der Waals surface area contributed by atoms with E-state index >= 15 is 0 Å². The van der Waals surface area contributed by atoms with E-state index in [1.807, 2.05) is 13.0 Å². The van der Waals surface area contributed by atoms with Gasteiger partial charge in [-0.25, -0.2) is 8.42 Å². The highest BCUT2D eigenvalue weighted by Crippen LogP contribution is 2.36. The van der Waals surface area contributed by atoms with Crippen LogP contribution in [0.5, 0.6) is 17.2 Å². The van der Waals surface area contributed by atoms with E-state index in [1.54, 1.807) is 48.5 Å². The highest BCUT2D eigenvalue weighted by Gasteiger charge is 2.28. The van der Waals surface area contributed by atoms with E-state index in [0.29, 0.717) is 36.1 Å². The average Bonchev–Trinajstić information content (AvgIpc) is 2.83. The molecule has 0 saturated heterocycles. The number of sulfonamides is 1. The van der Waals surface area contributed by atoms with Crippen molar-refractivity contribution in [1.82, 2.24) is 0 Å². The summed E-state index contributed by atoms with van der Waals surface area (Å²) in [5.41, 5.74) is 1.67. The molecule has 8 nitrogen and oxygen atoms in total. The van der Waals surface area contributed by atoms with Gasteiger partial charge in [0.25, 0.3) is 10.0 Å². The molecule has 0 fully saturated rings. The van der Waals surface area contributed by atoms with Gasteiger partial charge >= 0.3 is 0 Å². The summed E-state index contributed by atoms with van der Waals surface area (Å²) >= 11 is 0. The fourth-order valence-corrected chi connectivity index (χ4v) is 4.90. The summed E-state index contributed by atoms with van der Waals surface area (Å²) in [6.07, 6.45) is 0. The lowest BCUT2D eigenvalue weighted by Crippen LogP contribution is -2.38. The molecule has 1 heterocycles. The molecule has 0 spiro atoms. The first-order chi connectivity index (χ1) is 15.9. The predicted octanol–water partition coefficient (Wildman–Crippen LogP) is 3.61. The fraction of sp³-hybridized carbons (Fsp3) is 0.208. The van der Waals surface area contributed by atoms with Crippen LogP contribution in [0.15, 0.2) is 71.6 Å². The lowest BCUT2D eigenvalue weighted by Gasteiger charge is -2.26. The zero-order chi connectivity index (χ0) is 23.4. The van der Waals surface area contributed by atoms with E-state index in [2.05, 4.69) is 5.32 Å². The van der Waals surface area contributed by atoms with Crippen LogP contribution in [0.3, 0.4) is 0 Å². The van der Waals surface area contributed by atoms with Gasteiger partial charge in [-0.05, 0) is 48.9 Å². The first-order valence-electron chi connectivity index (χ1n) is 10.3. The van der Waals surface area contributed by atoms with Crippen LogP contribution in [-0.2, 0) is 14.8 Å². The van der Waals surface area contributed by atoms with Crippen molar-refractivity contribution < 1.29 is 27.4 Å². The minimum absolute atomic E-state index is 0.0702. The summed E-state index contributed by atoms with van der Waals surface area (Å²) in [5.74, 6) is 0.905. The Morgan fingerprint density at radius 2 is 1.73 bits per heavy atom. The van der Waals surface area contributed by atoms with Gasteiger partial charge in [0.15, 0.2) is 11.5 Å². The van der Waals surface area contributed by atoms with Crippen LogP contribution < -0.4 is 23.8 Å². The molecule has 0 saturated carbocycles. The molecule has 1 N–H and O–H groups in total. The van der Waals surface area contributed by atoms with Crippen LogP contribution in [0.1, 0.15) is 5.56 Å². The SMILES string of the molecule is COc1ccc(C)cc1NC(=O)CN(c1ccc2c(c1)OCCO2)S(=O)(=O)c1ccccc1. The predicted molar refractivity (Wildman–Crippen MR) is 125 cm³/mol. The number of rotatable bonds is 7. The second kappa shape index (κ2) is 9.41. The van der Waals surface area contributed by atoms with Gasteiger partial charge in [-0.1, -0.05) is 24.3 Å². The van der Waals surface area contributed by atoms with Crippen molar-refractivity contribution in [3.8, 4) is 17.2 Å². The van der Waals surface area contributed by atoms with Crippen LogP contribution in [0, 0.1) is 6.92 Å². The summed E-state index contributed by atoms with van der Waals surface area (Å²) in [6.45, 7) is 2.21.